The standard InChI is InChI=1S/C26H50O5/c1-2-3-4-5-6-7-8-9-10-11-12-13-14-15-16-17-18-19-20-30-24(21-27)26-25(29)23(28)22-31-26/h13-14,23-29H,2-12,15-22H2,1H3/b14-13+/t23-,24+,25-,26-/m0/s1. The number of aliphatic hydroxyl groups is 3. The zero-order valence-electron chi connectivity index (χ0n) is 20.1. The third-order valence-electron chi connectivity index (χ3n) is 6.22. The van der Waals surface area contributed by atoms with Crippen LogP contribution in [0.1, 0.15) is 110 Å². The summed E-state index contributed by atoms with van der Waals surface area (Å²) in [5.41, 5.74) is 0. The Hall–Kier alpha value is -0.460. The average Bonchev–Trinajstić information content (AvgIpc) is 3.11. The Bertz CT molecular complexity index is 415. The van der Waals surface area contributed by atoms with Gasteiger partial charge in [0.2, 0.25) is 0 Å². The Morgan fingerprint density at radius 1 is 0.806 bits per heavy atom. The van der Waals surface area contributed by atoms with Crippen LogP contribution in [0.25, 0.3) is 0 Å². The van der Waals surface area contributed by atoms with E-state index >= 15 is 0 Å². The van der Waals surface area contributed by atoms with Gasteiger partial charge in [0, 0.05) is 6.61 Å². The van der Waals surface area contributed by atoms with E-state index in [-0.39, 0.29) is 13.2 Å². The fourth-order valence-corrected chi connectivity index (χ4v) is 4.14. The van der Waals surface area contributed by atoms with Gasteiger partial charge >= 0.3 is 0 Å². The number of hydrogen-bond donors (Lipinski definition) is 3. The van der Waals surface area contributed by atoms with E-state index in [1.54, 1.807) is 0 Å². The average molecular weight is 443 g/mol. The fourth-order valence-electron chi connectivity index (χ4n) is 4.14. The first-order valence-electron chi connectivity index (χ1n) is 13.1. The third-order valence-corrected chi connectivity index (χ3v) is 6.22. The second-order valence-corrected chi connectivity index (χ2v) is 9.09. The minimum atomic E-state index is -0.982. The zero-order chi connectivity index (χ0) is 22.6. The second-order valence-electron chi connectivity index (χ2n) is 9.09. The second kappa shape index (κ2) is 20.2. The van der Waals surface area contributed by atoms with E-state index in [2.05, 4.69) is 19.1 Å². The van der Waals surface area contributed by atoms with Crippen LogP contribution >= 0.6 is 0 Å². The van der Waals surface area contributed by atoms with Crippen LogP contribution in [0.2, 0.25) is 0 Å². The lowest BCUT2D eigenvalue weighted by Crippen LogP contribution is -2.42. The lowest BCUT2D eigenvalue weighted by molar-refractivity contribution is -0.101. The van der Waals surface area contributed by atoms with E-state index in [1.807, 2.05) is 0 Å². The molecule has 1 fully saturated rings. The van der Waals surface area contributed by atoms with Crippen LogP contribution in [0.15, 0.2) is 12.2 Å². The monoisotopic (exact) mass is 442 g/mol. The van der Waals surface area contributed by atoms with Crippen molar-refractivity contribution in [2.75, 3.05) is 19.8 Å². The molecule has 1 aliphatic heterocycles. The fraction of sp³-hybridized carbons (Fsp3) is 0.923. The quantitative estimate of drug-likeness (QED) is 0.166. The molecule has 0 aliphatic carbocycles. The maximum Gasteiger partial charge on any atom is 0.114 e. The van der Waals surface area contributed by atoms with E-state index < -0.39 is 24.4 Å². The Kier molecular flexibility index (Phi) is 18.6. The maximum atomic E-state index is 9.85. The van der Waals surface area contributed by atoms with Crippen molar-refractivity contribution in [3.05, 3.63) is 12.2 Å². The molecule has 4 atom stereocenters. The summed E-state index contributed by atoms with van der Waals surface area (Å²) in [7, 11) is 0. The van der Waals surface area contributed by atoms with Crippen LogP contribution in [0.4, 0.5) is 0 Å². The van der Waals surface area contributed by atoms with Gasteiger partial charge in [0.05, 0.1) is 13.2 Å². The molecule has 0 unspecified atom stereocenters. The van der Waals surface area contributed by atoms with E-state index in [0.717, 1.165) is 19.3 Å². The molecule has 3 N–H and O–H groups in total. The van der Waals surface area contributed by atoms with Gasteiger partial charge in [-0.25, -0.2) is 0 Å². The van der Waals surface area contributed by atoms with Gasteiger partial charge in [-0.2, -0.15) is 0 Å². The molecular formula is C26H50O5. The van der Waals surface area contributed by atoms with Crippen LogP contribution in [-0.4, -0.2) is 59.6 Å². The molecule has 0 saturated carbocycles. The number of allylic oxidation sites excluding steroid dienone is 2. The Labute approximate surface area is 191 Å². The van der Waals surface area contributed by atoms with Gasteiger partial charge in [-0.05, 0) is 32.1 Å². The lowest BCUT2D eigenvalue weighted by atomic mass is 10.1. The summed E-state index contributed by atoms with van der Waals surface area (Å²) in [6.07, 6.45) is 22.3. The van der Waals surface area contributed by atoms with Gasteiger partial charge in [0.25, 0.3) is 0 Å². The number of ether oxygens (including phenoxy) is 2. The third kappa shape index (κ3) is 14.3. The number of rotatable bonds is 21. The summed E-state index contributed by atoms with van der Waals surface area (Å²) in [5, 5.41) is 28.8. The molecule has 1 rings (SSSR count). The van der Waals surface area contributed by atoms with Crippen LogP contribution in [0.3, 0.4) is 0 Å². The normalized spacial score (nSPS) is 22.5. The van der Waals surface area contributed by atoms with Crippen molar-refractivity contribution in [1.82, 2.24) is 0 Å². The van der Waals surface area contributed by atoms with Crippen LogP contribution < -0.4 is 0 Å². The molecule has 184 valence electrons. The Balaban J connectivity index is 1.83. The Morgan fingerprint density at radius 3 is 1.81 bits per heavy atom. The molecule has 0 radical (unpaired) electrons. The molecule has 1 aliphatic rings. The maximum absolute atomic E-state index is 9.85. The Morgan fingerprint density at radius 2 is 1.32 bits per heavy atom. The molecule has 5 nitrogen and oxygen atoms in total. The molecule has 31 heavy (non-hydrogen) atoms. The van der Waals surface area contributed by atoms with Gasteiger partial charge < -0.3 is 24.8 Å². The zero-order valence-corrected chi connectivity index (χ0v) is 20.1. The molecule has 0 aromatic rings. The molecule has 0 bridgehead atoms. The molecule has 1 heterocycles. The summed E-state index contributed by atoms with van der Waals surface area (Å²) in [5.74, 6) is 0. The topological polar surface area (TPSA) is 79.2 Å². The van der Waals surface area contributed by atoms with E-state index in [0.29, 0.717) is 6.61 Å². The minimum absolute atomic E-state index is 0.0956. The van der Waals surface area contributed by atoms with Crippen molar-refractivity contribution in [1.29, 1.82) is 0 Å². The number of unbranched alkanes of at least 4 members (excludes halogenated alkanes) is 14. The highest BCUT2D eigenvalue weighted by atomic mass is 16.6. The predicted octanol–water partition coefficient (Wildman–Crippen LogP) is 5.30. The van der Waals surface area contributed by atoms with E-state index in [1.165, 1.54) is 83.5 Å². The van der Waals surface area contributed by atoms with E-state index in [9.17, 15) is 15.3 Å². The van der Waals surface area contributed by atoms with Gasteiger partial charge in [0.1, 0.15) is 24.4 Å². The first-order chi connectivity index (χ1) is 15.2. The van der Waals surface area contributed by atoms with Crippen molar-refractivity contribution in [2.45, 2.75) is 134 Å². The van der Waals surface area contributed by atoms with Crippen LogP contribution in [0.5, 0.6) is 0 Å². The lowest BCUT2D eigenvalue weighted by Gasteiger charge is -2.24. The van der Waals surface area contributed by atoms with Crippen molar-refractivity contribution < 1.29 is 24.8 Å². The summed E-state index contributed by atoms with van der Waals surface area (Å²) in [6.45, 7) is 2.70. The minimum Gasteiger partial charge on any atom is -0.394 e. The van der Waals surface area contributed by atoms with Gasteiger partial charge in [-0.3, -0.25) is 0 Å². The first kappa shape index (κ1) is 28.6. The largest absolute Gasteiger partial charge is 0.394 e. The summed E-state index contributed by atoms with van der Waals surface area (Å²) >= 11 is 0. The highest BCUT2D eigenvalue weighted by Gasteiger charge is 2.40. The van der Waals surface area contributed by atoms with E-state index in [4.69, 9.17) is 9.47 Å². The highest BCUT2D eigenvalue weighted by molar-refractivity contribution is 4.88. The van der Waals surface area contributed by atoms with Gasteiger partial charge in [-0.15, -0.1) is 0 Å². The predicted molar refractivity (Wildman–Crippen MR) is 127 cm³/mol. The van der Waals surface area contributed by atoms with Crippen LogP contribution in [0, 0.1) is 0 Å². The van der Waals surface area contributed by atoms with Crippen molar-refractivity contribution in [3.8, 4) is 0 Å². The van der Waals surface area contributed by atoms with Crippen LogP contribution in [-0.2, 0) is 9.47 Å². The summed E-state index contributed by atoms with van der Waals surface area (Å²) in [4.78, 5) is 0. The van der Waals surface area contributed by atoms with Gasteiger partial charge in [-0.1, -0.05) is 89.7 Å². The molecular weight excluding hydrogens is 392 g/mol. The molecule has 0 aromatic heterocycles. The summed E-state index contributed by atoms with van der Waals surface area (Å²) < 4.78 is 11.0. The number of hydrogen-bond acceptors (Lipinski definition) is 5. The highest BCUT2D eigenvalue weighted by Crippen LogP contribution is 2.20. The van der Waals surface area contributed by atoms with Crippen molar-refractivity contribution in [3.63, 3.8) is 0 Å². The molecule has 1 saturated heterocycles. The smallest absolute Gasteiger partial charge is 0.114 e. The molecule has 0 aromatic carbocycles. The van der Waals surface area contributed by atoms with Crippen molar-refractivity contribution in [2.24, 2.45) is 0 Å². The summed E-state index contributed by atoms with van der Waals surface area (Å²) in [6, 6.07) is 0. The molecule has 0 amide bonds. The van der Waals surface area contributed by atoms with Crippen molar-refractivity contribution >= 4 is 0 Å². The SMILES string of the molecule is CCCCCCCCCCCC/C=C/CCCCCCO[C@H](CO)[C@@H]1OC[C@H](O)[C@@H]1O. The first-order valence-corrected chi connectivity index (χ1v) is 13.1. The molecule has 0 spiro atoms. The number of aliphatic hydroxyl groups excluding tert-OH is 3. The van der Waals surface area contributed by atoms with Gasteiger partial charge in [0.15, 0.2) is 0 Å². The molecule has 5 heteroatoms.